The molecule has 1 saturated carbocycles. The maximum Gasteiger partial charge on any atom is 0.264 e. The number of sulfonamides is 1. The molecule has 8 rings (SSSR count). The fraction of sp³-hybridized carbons (Fsp3) is 0.675. The Labute approximate surface area is 308 Å². The van der Waals surface area contributed by atoms with Crippen LogP contribution in [0, 0.1) is 23.7 Å². The number of carbonyl (C=O) groups is 1. The highest BCUT2D eigenvalue weighted by Gasteiger charge is 2.47. The summed E-state index contributed by atoms with van der Waals surface area (Å²) in [5.74, 6) is 1.10. The van der Waals surface area contributed by atoms with Crippen molar-refractivity contribution in [1.82, 2.24) is 9.62 Å². The predicted molar refractivity (Wildman–Crippen MR) is 199 cm³/mol. The molecule has 2 aromatic rings. The average molecular weight is 740 g/mol. The lowest BCUT2D eigenvalue weighted by atomic mass is 9.64. The molecule has 0 aromatic heterocycles. The smallest absolute Gasteiger partial charge is 0.264 e. The van der Waals surface area contributed by atoms with Crippen LogP contribution >= 0.6 is 11.6 Å². The number of anilines is 1. The Morgan fingerprint density at radius 3 is 2.49 bits per heavy atom. The van der Waals surface area contributed by atoms with Gasteiger partial charge in [0, 0.05) is 35.0 Å². The van der Waals surface area contributed by atoms with E-state index in [1.165, 1.54) is 24.0 Å². The van der Waals surface area contributed by atoms with E-state index in [-0.39, 0.29) is 23.5 Å². The van der Waals surface area contributed by atoms with Gasteiger partial charge in [-0.15, -0.1) is 0 Å². The van der Waals surface area contributed by atoms with Crippen molar-refractivity contribution in [3.63, 3.8) is 0 Å². The van der Waals surface area contributed by atoms with Gasteiger partial charge in [0.15, 0.2) is 6.29 Å². The lowest BCUT2D eigenvalue weighted by molar-refractivity contribution is -0.242. The molecule has 3 fully saturated rings. The largest absolute Gasteiger partial charge is 0.490 e. The van der Waals surface area contributed by atoms with Crippen molar-refractivity contribution in [3.05, 3.63) is 58.1 Å². The van der Waals surface area contributed by atoms with Crippen molar-refractivity contribution >= 4 is 33.2 Å². The Morgan fingerprint density at radius 1 is 0.922 bits per heavy atom. The molecule has 11 heteroatoms. The SMILES string of the molecule is C[C@@H]1[C@@H](C)CCC[C@@H]([C@H]2OC[C@H](N3CCCC3)CO2)[C@@H]2CC[C@H]2CN2C[C@@]3(CCCc4cc(Cl)ccc43)COc3ccc(cc32)C(=O)NS1(=O)=O. The highest BCUT2D eigenvalue weighted by atomic mass is 35.5. The van der Waals surface area contributed by atoms with Crippen LogP contribution in [0.25, 0.3) is 0 Å². The molecule has 2 aliphatic carbocycles. The second-order valence-corrected chi connectivity index (χ2v) is 18.9. The summed E-state index contributed by atoms with van der Waals surface area (Å²) in [5, 5.41) is 0.0401. The Hall–Kier alpha value is -2.37. The van der Waals surface area contributed by atoms with Crippen molar-refractivity contribution in [3.8, 4) is 5.75 Å². The van der Waals surface area contributed by atoms with Gasteiger partial charge in [0.05, 0.1) is 36.8 Å². The second kappa shape index (κ2) is 14.5. The number of hydrogen-bond acceptors (Lipinski definition) is 8. The molecule has 6 aliphatic rings. The third kappa shape index (κ3) is 7.05. The van der Waals surface area contributed by atoms with Gasteiger partial charge in [-0.2, -0.15) is 0 Å². The van der Waals surface area contributed by atoms with Crippen molar-refractivity contribution in [2.75, 3.05) is 50.9 Å². The van der Waals surface area contributed by atoms with Crippen LogP contribution in [0.5, 0.6) is 5.75 Å². The molecular formula is C40H54ClN3O6S. The zero-order valence-corrected chi connectivity index (χ0v) is 31.7. The fourth-order valence-electron chi connectivity index (χ4n) is 10.0. The van der Waals surface area contributed by atoms with Gasteiger partial charge < -0.3 is 19.1 Å². The third-order valence-electron chi connectivity index (χ3n) is 13.4. The van der Waals surface area contributed by atoms with Gasteiger partial charge in [-0.1, -0.05) is 31.0 Å². The molecule has 4 heterocycles. The van der Waals surface area contributed by atoms with Crippen molar-refractivity contribution in [2.24, 2.45) is 23.7 Å². The van der Waals surface area contributed by atoms with Crippen molar-refractivity contribution < 1.29 is 27.4 Å². The first-order chi connectivity index (χ1) is 24.6. The highest BCUT2D eigenvalue weighted by molar-refractivity contribution is 7.90. The summed E-state index contributed by atoms with van der Waals surface area (Å²) >= 11 is 6.49. The van der Waals surface area contributed by atoms with Gasteiger partial charge in [-0.3, -0.25) is 9.69 Å². The minimum atomic E-state index is -3.90. The molecule has 2 bridgehead atoms. The molecule has 0 unspecified atom stereocenters. The van der Waals surface area contributed by atoms with E-state index in [4.69, 9.17) is 25.8 Å². The summed E-state index contributed by atoms with van der Waals surface area (Å²) in [4.78, 5) is 18.6. The molecule has 1 amide bonds. The van der Waals surface area contributed by atoms with Crippen molar-refractivity contribution in [2.45, 2.75) is 101 Å². The first-order valence-corrected chi connectivity index (χ1v) is 21.4. The summed E-state index contributed by atoms with van der Waals surface area (Å²) in [7, 11) is -3.90. The number of nitrogens with one attached hydrogen (secondary N) is 1. The van der Waals surface area contributed by atoms with E-state index in [1.54, 1.807) is 13.0 Å². The Bertz CT molecular complexity index is 1710. The molecule has 2 aromatic carbocycles. The number of ether oxygens (including phenoxy) is 3. The van der Waals surface area contributed by atoms with Crippen LogP contribution in [0.2, 0.25) is 5.02 Å². The summed E-state index contributed by atoms with van der Waals surface area (Å²) in [5.41, 5.74) is 3.52. The van der Waals surface area contributed by atoms with Gasteiger partial charge in [-0.25, -0.2) is 13.1 Å². The Kier molecular flexibility index (Phi) is 10.1. The Morgan fingerprint density at radius 2 is 1.73 bits per heavy atom. The minimum absolute atomic E-state index is 0.117. The molecular weight excluding hydrogens is 686 g/mol. The zero-order valence-electron chi connectivity index (χ0n) is 30.2. The van der Waals surface area contributed by atoms with Gasteiger partial charge in [0.25, 0.3) is 5.91 Å². The van der Waals surface area contributed by atoms with Gasteiger partial charge in [0.1, 0.15) is 5.75 Å². The third-order valence-corrected chi connectivity index (χ3v) is 15.6. The molecule has 4 aliphatic heterocycles. The molecule has 6 atom stereocenters. The molecule has 2 saturated heterocycles. The van der Waals surface area contributed by atoms with Crippen LogP contribution in [0.1, 0.15) is 93.1 Å². The van der Waals surface area contributed by atoms with Gasteiger partial charge in [0.2, 0.25) is 10.0 Å². The fourth-order valence-corrected chi connectivity index (χ4v) is 11.6. The maximum absolute atomic E-state index is 13.6. The van der Waals surface area contributed by atoms with E-state index in [0.29, 0.717) is 43.3 Å². The molecule has 1 N–H and O–H groups in total. The van der Waals surface area contributed by atoms with E-state index in [9.17, 15) is 13.2 Å². The maximum atomic E-state index is 13.6. The monoisotopic (exact) mass is 739 g/mol. The number of aryl methyl sites for hydroxylation is 1. The number of hydrogen-bond donors (Lipinski definition) is 1. The Balaban J connectivity index is 1.14. The molecule has 9 nitrogen and oxygen atoms in total. The summed E-state index contributed by atoms with van der Waals surface area (Å²) in [6.45, 7) is 9.45. The minimum Gasteiger partial charge on any atom is -0.490 e. The van der Waals surface area contributed by atoms with E-state index in [2.05, 4.69) is 26.7 Å². The number of fused-ring (bicyclic) bond motifs is 4. The van der Waals surface area contributed by atoms with Gasteiger partial charge >= 0.3 is 0 Å². The normalized spacial score (nSPS) is 35.9. The number of likely N-dealkylation sites (tertiary alicyclic amines) is 1. The van der Waals surface area contributed by atoms with Crippen LogP contribution in [0.3, 0.4) is 0 Å². The molecule has 0 radical (unpaired) electrons. The van der Waals surface area contributed by atoms with Crippen LogP contribution < -0.4 is 14.4 Å². The lowest BCUT2D eigenvalue weighted by Gasteiger charge is -2.49. The lowest BCUT2D eigenvalue weighted by Crippen LogP contribution is -2.52. The van der Waals surface area contributed by atoms with Crippen LogP contribution in [0.4, 0.5) is 5.69 Å². The van der Waals surface area contributed by atoms with Gasteiger partial charge in [-0.05, 0) is 137 Å². The zero-order chi connectivity index (χ0) is 35.3. The van der Waals surface area contributed by atoms with E-state index in [0.717, 1.165) is 94.0 Å². The van der Waals surface area contributed by atoms with Crippen LogP contribution in [-0.2, 0) is 31.3 Å². The van der Waals surface area contributed by atoms with Crippen molar-refractivity contribution in [1.29, 1.82) is 0 Å². The average Bonchev–Trinajstić information content (AvgIpc) is 3.61. The summed E-state index contributed by atoms with van der Waals surface area (Å²) in [6, 6.07) is 12.0. The quantitative estimate of drug-likeness (QED) is 0.370. The number of benzene rings is 2. The van der Waals surface area contributed by atoms with Crippen LogP contribution in [0.15, 0.2) is 36.4 Å². The summed E-state index contributed by atoms with van der Waals surface area (Å²) in [6.07, 6.45) is 10.1. The molecule has 278 valence electrons. The van der Waals surface area contributed by atoms with Crippen LogP contribution in [-0.4, -0.2) is 82.8 Å². The summed E-state index contributed by atoms with van der Waals surface area (Å²) < 4.78 is 49.4. The number of nitrogens with zero attached hydrogens (tertiary/aromatic N) is 2. The molecule has 1 spiro atoms. The molecule has 51 heavy (non-hydrogen) atoms. The number of halogens is 1. The first-order valence-electron chi connectivity index (χ1n) is 19.4. The topological polar surface area (TPSA) is 97.4 Å². The van der Waals surface area contributed by atoms with E-state index in [1.807, 2.05) is 25.1 Å². The standard InChI is InChI=1S/C40H54ClN3O6S/c1-26-7-5-9-34(39-48-22-32(23-49-39)43-17-3-4-18-43)33-13-10-30(33)21-44-24-40(16-6-8-28-19-31(41)12-14-35(28)40)25-50-37-15-11-29(20-36(37)44)38(45)42-51(46,47)27(26)2/h11-12,14-15,19-20,26-27,30,32-34,39H,3-10,13,16-18,21-25H2,1-2H3,(H,42,45)/t26-,27+,30-,32-,33+,34+,39-,40-/m0/s1. The number of carbonyl (C=O) groups excluding carboxylic acids is 1. The van der Waals surface area contributed by atoms with E-state index >= 15 is 0 Å². The van der Waals surface area contributed by atoms with E-state index < -0.39 is 21.2 Å². The first kappa shape index (κ1) is 35.6. The second-order valence-electron chi connectivity index (χ2n) is 16.5. The number of rotatable bonds is 2. The predicted octanol–water partition coefficient (Wildman–Crippen LogP) is 6.56. The number of amides is 1. The highest BCUT2D eigenvalue weighted by Crippen LogP contribution is 2.49.